The highest BCUT2D eigenvalue weighted by Crippen LogP contribution is 2.53. The molecule has 1 spiro atoms. The molecule has 3 aromatic carbocycles. The van der Waals surface area contributed by atoms with Crippen LogP contribution in [0.3, 0.4) is 0 Å². The fraction of sp³-hybridized carbons (Fsp3) is 0.138. The maximum absolute atomic E-state index is 14.5. The molecule has 2 amide bonds. The molecule has 0 saturated heterocycles. The van der Waals surface area contributed by atoms with Crippen LogP contribution in [0.25, 0.3) is 11.0 Å². The minimum atomic E-state index is -1.74. The predicted octanol–water partition coefficient (Wildman–Crippen LogP) is 4.61. The van der Waals surface area contributed by atoms with E-state index in [1.54, 1.807) is 59.5 Å². The van der Waals surface area contributed by atoms with Crippen LogP contribution in [0.2, 0.25) is 5.02 Å². The summed E-state index contributed by atoms with van der Waals surface area (Å²) in [5.41, 5.74) is -0.196. The Morgan fingerprint density at radius 2 is 1.82 bits per heavy atom. The molecule has 3 aliphatic rings. The number of hydrogen-bond acceptors (Lipinski definition) is 6. The van der Waals surface area contributed by atoms with Gasteiger partial charge in [0.05, 0.1) is 16.6 Å². The molecular weight excluding hydrogens is 508 g/mol. The summed E-state index contributed by atoms with van der Waals surface area (Å²) in [6, 6.07) is 17.1. The number of ether oxygens (including phenoxy) is 2. The molecule has 0 bridgehead atoms. The van der Waals surface area contributed by atoms with E-state index in [1.165, 1.54) is 11.0 Å². The zero-order valence-corrected chi connectivity index (χ0v) is 20.7. The average Bonchev–Trinajstić information content (AvgIpc) is 3.55. The third kappa shape index (κ3) is 2.83. The fourth-order valence-electron chi connectivity index (χ4n) is 5.72. The zero-order valence-electron chi connectivity index (χ0n) is 19.9. The van der Waals surface area contributed by atoms with Crippen LogP contribution < -0.4 is 19.8 Å². The fourth-order valence-corrected chi connectivity index (χ4v) is 5.89. The molecule has 3 aliphatic heterocycles. The van der Waals surface area contributed by atoms with Crippen LogP contribution in [0.15, 0.2) is 82.5 Å². The van der Waals surface area contributed by atoms with E-state index >= 15 is 0 Å². The number of para-hydroxylation sites is 1. The van der Waals surface area contributed by atoms with Crippen LogP contribution in [0.4, 0.5) is 5.69 Å². The molecule has 38 heavy (non-hydrogen) atoms. The van der Waals surface area contributed by atoms with Crippen LogP contribution in [0, 0.1) is 0 Å². The van der Waals surface area contributed by atoms with E-state index in [1.807, 2.05) is 6.07 Å². The van der Waals surface area contributed by atoms with Crippen LogP contribution in [-0.2, 0) is 16.9 Å². The summed E-state index contributed by atoms with van der Waals surface area (Å²) < 4.78 is 17.0. The highest BCUT2D eigenvalue weighted by atomic mass is 35.5. The van der Waals surface area contributed by atoms with E-state index in [-0.39, 0.29) is 42.2 Å². The highest BCUT2D eigenvalue weighted by molar-refractivity contribution is 6.31. The lowest BCUT2D eigenvalue weighted by Crippen LogP contribution is -2.53. The van der Waals surface area contributed by atoms with Gasteiger partial charge in [0.25, 0.3) is 11.8 Å². The lowest BCUT2D eigenvalue weighted by Gasteiger charge is -2.34. The smallest absolute Gasteiger partial charge is 0.291 e. The summed E-state index contributed by atoms with van der Waals surface area (Å²) in [5, 5.41) is 0.535. The number of carbonyl (C=O) groups is 2. The van der Waals surface area contributed by atoms with Gasteiger partial charge in [-0.25, -0.2) is 0 Å². The number of nitrogens with zero attached hydrogens (tertiary/aromatic N) is 2. The maximum Gasteiger partial charge on any atom is 0.291 e. The van der Waals surface area contributed by atoms with E-state index in [4.69, 9.17) is 25.5 Å². The third-order valence-corrected chi connectivity index (χ3v) is 7.52. The molecular formula is C29H19ClN2O6. The molecule has 0 radical (unpaired) electrons. The van der Waals surface area contributed by atoms with Crippen molar-refractivity contribution >= 4 is 40.1 Å². The molecule has 1 aromatic heterocycles. The van der Waals surface area contributed by atoms with Gasteiger partial charge in [0.15, 0.2) is 22.5 Å². The molecule has 7 rings (SSSR count). The first-order valence-electron chi connectivity index (χ1n) is 11.9. The first-order chi connectivity index (χ1) is 18.4. The van der Waals surface area contributed by atoms with Gasteiger partial charge < -0.3 is 23.7 Å². The number of anilines is 1. The Bertz CT molecular complexity index is 1780. The number of rotatable bonds is 4. The Kier molecular flexibility index (Phi) is 4.74. The second-order valence-electron chi connectivity index (χ2n) is 9.29. The van der Waals surface area contributed by atoms with Crippen molar-refractivity contribution in [2.24, 2.45) is 0 Å². The quantitative estimate of drug-likeness (QED) is 0.361. The largest absolute Gasteiger partial charge is 0.454 e. The summed E-state index contributed by atoms with van der Waals surface area (Å²) in [4.78, 5) is 45.6. The van der Waals surface area contributed by atoms with Crippen molar-refractivity contribution in [3.05, 3.63) is 111 Å². The first-order valence-corrected chi connectivity index (χ1v) is 12.3. The molecule has 4 heterocycles. The van der Waals surface area contributed by atoms with Gasteiger partial charge in [-0.15, -0.1) is 6.58 Å². The number of hydrogen-bond donors (Lipinski definition) is 0. The van der Waals surface area contributed by atoms with Crippen molar-refractivity contribution in [1.82, 2.24) is 4.90 Å². The van der Waals surface area contributed by atoms with Crippen LogP contribution in [-0.4, -0.2) is 30.1 Å². The second-order valence-corrected chi connectivity index (χ2v) is 9.72. The number of halogens is 1. The van der Waals surface area contributed by atoms with Gasteiger partial charge in [0.1, 0.15) is 5.58 Å². The number of carbonyl (C=O) groups excluding carboxylic acids is 2. The van der Waals surface area contributed by atoms with Gasteiger partial charge in [-0.05, 0) is 42.0 Å². The molecule has 1 atom stereocenters. The lowest BCUT2D eigenvalue weighted by atomic mass is 9.83. The first kappa shape index (κ1) is 22.6. The molecule has 0 saturated carbocycles. The molecule has 9 heteroatoms. The number of fused-ring (bicyclic) bond motifs is 6. The van der Waals surface area contributed by atoms with Gasteiger partial charge in [-0.1, -0.05) is 41.9 Å². The van der Waals surface area contributed by atoms with E-state index < -0.39 is 22.8 Å². The Hall–Kier alpha value is -4.56. The van der Waals surface area contributed by atoms with Gasteiger partial charge in [0, 0.05) is 23.7 Å². The highest BCUT2D eigenvalue weighted by Gasteiger charge is 2.64. The van der Waals surface area contributed by atoms with Crippen LogP contribution in [0.5, 0.6) is 11.5 Å². The van der Waals surface area contributed by atoms with Gasteiger partial charge in [0.2, 0.25) is 12.6 Å². The Balaban J connectivity index is 1.53. The normalized spacial score (nSPS) is 19.0. The van der Waals surface area contributed by atoms with Crippen molar-refractivity contribution in [2.75, 3.05) is 18.2 Å². The standard InChI is InChI=1S/C29H19ClN2O6/c1-2-11-31-20-6-4-3-5-19(20)29(28(31)35)24-25(33)18-13-17(30)8-10-21(18)38-26(24)27(34)32(29)14-16-7-9-22-23(12-16)37-15-36-22/h2-10,12-13H,1,11,14-15H2. The van der Waals surface area contributed by atoms with Crippen molar-refractivity contribution in [2.45, 2.75) is 12.1 Å². The molecule has 0 aliphatic carbocycles. The van der Waals surface area contributed by atoms with Crippen LogP contribution >= 0.6 is 11.6 Å². The SMILES string of the molecule is C=CCN1C(=O)C2(c3ccccc31)c1c(oc3ccc(Cl)cc3c1=O)C(=O)N2Cc1ccc2c(c1)OCO2. The maximum atomic E-state index is 14.5. The summed E-state index contributed by atoms with van der Waals surface area (Å²) in [7, 11) is 0. The van der Waals surface area contributed by atoms with Crippen LogP contribution in [0.1, 0.15) is 27.2 Å². The molecule has 0 fully saturated rings. The van der Waals surface area contributed by atoms with Gasteiger partial charge in [-0.2, -0.15) is 0 Å². The van der Waals surface area contributed by atoms with Crippen molar-refractivity contribution in [3.8, 4) is 11.5 Å². The predicted molar refractivity (Wildman–Crippen MR) is 140 cm³/mol. The van der Waals surface area contributed by atoms with Gasteiger partial charge >= 0.3 is 0 Å². The topological polar surface area (TPSA) is 89.3 Å². The van der Waals surface area contributed by atoms with Crippen molar-refractivity contribution in [1.29, 1.82) is 0 Å². The minimum absolute atomic E-state index is 0.0120. The van der Waals surface area contributed by atoms with E-state index in [9.17, 15) is 14.4 Å². The molecule has 1 unspecified atom stereocenters. The van der Waals surface area contributed by atoms with Crippen molar-refractivity contribution < 1.29 is 23.5 Å². The Labute approximate surface area is 221 Å². The molecule has 188 valence electrons. The van der Waals surface area contributed by atoms with E-state index in [0.717, 1.165) is 0 Å². The third-order valence-electron chi connectivity index (χ3n) is 7.29. The number of benzene rings is 3. The summed E-state index contributed by atoms with van der Waals surface area (Å²) in [5.74, 6) is -0.00911. The monoisotopic (exact) mass is 526 g/mol. The summed E-state index contributed by atoms with van der Waals surface area (Å²) >= 11 is 6.21. The average molecular weight is 527 g/mol. The second kappa shape index (κ2) is 7.97. The minimum Gasteiger partial charge on any atom is -0.454 e. The molecule has 8 nitrogen and oxygen atoms in total. The van der Waals surface area contributed by atoms with Gasteiger partial charge in [-0.3, -0.25) is 14.4 Å². The molecule has 4 aromatic rings. The summed E-state index contributed by atoms with van der Waals surface area (Å²) in [6.45, 7) is 4.11. The number of amides is 2. The molecule has 0 N–H and O–H groups in total. The Morgan fingerprint density at radius 1 is 1.00 bits per heavy atom. The van der Waals surface area contributed by atoms with Crippen molar-refractivity contribution in [3.63, 3.8) is 0 Å². The van der Waals surface area contributed by atoms with E-state index in [2.05, 4.69) is 6.58 Å². The Morgan fingerprint density at radius 3 is 2.66 bits per heavy atom. The zero-order chi connectivity index (χ0) is 26.2. The van der Waals surface area contributed by atoms with E-state index in [0.29, 0.717) is 33.3 Å². The summed E-state index contributed by atoms with van der Waals surface area (Å²) in [6.07, 6.45) is 1.61. The lowest BCUT2D eigenvalue weighted by molar-refractivity contribution is -0.126.